The summed E-state index contributed by atoms with van der Waals surface area (Å²) in [5, 5.41) is 0. The monoisotopic (exact) mass is 276 g/mol. The Morgan fingerprint density at radius 1 is 1.45 bits per heavy atom. The van der Waals surface area contributed by atoms with E-state index < -0.39 is 0 Å². The van der Waals surface area contributed by atoms with E-state index in [2.05, 4.69) is 13.8 Å². The van der Waals surface area contributed by atoms with E-state index in [0.29, 0.717) is 17.9 Å². The minimum Gasteiger partial charge on any atom is -0.398 e. The molecule has 2 N–H and O–H groups in total. The van der Waals surface area contributed by atoms with Crippen molar-refractivity contribution in [2.75, 3.05) is 19.4 Å². The van der Waals surface area contributed by atoms with Gasteiger partial charge in [0, 0.05) is 30.8 Å². The standard InChI is InChI=1S/C16H24N2O2/c1-5-20-14-10-13(16(14,2)3)18(4)15(19)11-8-6-7-9-12(11)17/h6-9,13-14H,5,10,17H2,1-4H3. The second-order valence-corrected chi connectivity index (χ2v) is 6.02. The van der Waals surface area contributed by atoms with Crippen LogP contribution in [-0.4, -0.2) is 36.6 Å². The topological polar surface area (TPSA) is 55.6 Å². The number of hydrogen-bond donors (Lipinski definition) is 1. The molecule has 0 spiro atoms. The number of anilines is 1. The molecule has 4 heteroatoms. The van der Waals surface area contributed by atoms with Gasteiger partial charge in [-0.1, -0.05) is 26.0 Å². The fraction of sp³-hybridized carbons (Fsp3) is 0.562. The zero-order valence-corrected chi connectivity index (χ0v) is 12.7. The summed E-state index contributed by atoms with van der Waals surface area (Å²) in [5.74, 6) is -0.0175. The normalized spacial score (nSPS) is 24.0. The van der Waals surface area contributed by atoms with Gasteiger partial charge in [-0.2, -0.15) is 0 Å². The molecule has 0 aliphatic heterocycles. The van der Waals surface area contributed by atoms with Crippen LogP contribution in [0, 0.1) is 5.41 Å². The molecule has 1 saturated carbocycles. The van der Waals surface area contributed by atoms with Crippen molar-refractivity contribution in [3.8, 4) is 0 Å². The average Bonchev–Trinajstić information content (AvgIpc) is 2.42. The number of amides is 1. The van der Waals surface area contributed by atoms with E-state index in [4.69, 9.17) is 10.5 Å². The second kappa shape index (κ2) is 5.44. The number of nitrogens with zero attached hydrogens (tertiary/aromatic N) is 1. The van der Waals surface area contributed by atoms with Gasteiger partial charge in [0.1, 0.15) is 0 Å². The van der Waals surface area contributed by atoms with Gasteiger partial charge in [-0.15, -0.1) is 0 Å². The maximum Gasteiger partial charge on any atom is 0.255 e. The average molecular weight is 276 g/mol. The molecule has 0 radical (unpaired) electrons. The van der Waals surface area contributed by atoms with Crippen molar-refractivity contribution in [1.82, 2.24) is 4.90 Å². The molecule has 2 atom stereocenters. The molecular formula is C16H24N2O2. The maximum atomic E-state index is 12.6. The lowest BCUT2D eigenvalue weighted by Gasteiger charge is -2.54. The number of nitrogen functional groups attached to an aromatic ring is 1. The molecule has 1 aromatic carbocycles. The van der Waals surface area contributed by atoms with Gasteiger partial charge >= 0.3 is 0 Å². The Hall–Kier alpha value is -1.55. The fourth-order valence-electron chi connectivity index (χ4n) is 3.03. The van der Waals surface area contributed by atoms with Crippen molar-refractivity contribution in [2.24, 2.45) is 5.41 Å². The molecule has 1 aliphatic rings. The number of rotatable bonds is 4. The smallest absolute Gasteiger partial charge is 0.255 e. The third-order valence-electron chi connectivity index (χ3n) is 4.47. The molecular weight excluding hydrogens is 252 g/mol. The number of hydrogen-bond acceptors (Lipinski definition) is 3. The Bertz CT molecular complexity index is 499. The highest BCUT2D eigenvalue weighted by atomic mass is 16.5. The molecule has 1 fully saturated rings. The van der Waals surface area contributed by atoms with Crippen molar-refractivity contribution in [3.05, 3.63) is 29.8 Å². The Morgan fingerprint density at radius 2 is 2.10 bits per heavy atom. The van der Waals surface area contributed by atoms with Crippen LogP contribution in [0.3, 0.4) is 0 Å². The number of benzene rings is 1. The first-order valence-corrected chi connectivity index (χ1v) is 7.12. The summed E-state index contributed by atoms with van der Waals surface area (Å²) >= 11 is 0. The maximum absolute atomic E-state index is 12.6. The molecule has 0 aromatic heterocycles. The number of carbonyl (C=O) groups is 1. The minimum atomic E-state index is -0.0238. The SMILES string of the molecule is CCOC1CC(N(C)C(=O)c2ccccc2N)C1(C)C. The molecule has 2 unspecified atom stereocenters. The van der Waals surface area contributed by atoms with Gasteiger partial charge in [0.05, 0.1) is 11.7 Å². The van der Waals surface area contributed by atoms with Gasteiger partial charge in [0.15, 0.2) is 0 Å². The van der Waals surface area contributed by atoms with Crippen LogP contribution >= 0.6 is 0 Å². The van der Waals surface area contributed by atoms with Crippen LogP contribution in [0.25, 0.3) is 0 Å². The number of ether oxygens (including phenoxy) is 1. The first kappa shape index (κ1) is 14.9. The minimum absolute atomic E-state index is 0.0175. The molecule has 0 bridgehead atoms. The van der Waals surface area contributed by atoms with Crippen LogP contribution in [0.15, 0.2) is 24.3 Å². The first-order chi connectivity index (χ1) is 9.39. The fourth-order valence-corrected chi connectivity index (χ4v) is 3.03. The first-order valence-electron chi connectivity index (χ1n) is 7.12. The predicted octanol–water partition coefficient (Wildman–Crippen LogP) is 2.54. The van der Waals surface area contributed by atoms with E-state index in [0.717, 1.165) is 6.42 Å². The van der Waals surface area contributed by atoms with E-state index in [1.54, 1.807) is 17.0 Å². The summed E-state index contributed by atoms with van der Waals surface area (Å²) in [5.41, 5.74) is 6.97. The summed E-state index contributed by atoms with van der Waals surface area (Å²) in [4.78, 5) is 14.4. The van der Waals surface area contributed by atoms with Gasteiger partial charge in [-0.25, -0.2) is 0 Å². The zero-order chi connectivity index (χ0) is 14.9. The van der Waals surface area contributed by atoms with E-state index >= 15 is 0 Å². The van der Waals surface area contributed by atoms with Gasteiger partial charge in [-0.3, -0.25) is 4.79 Å². The summed E-state index contributed by atoms with van der Waals surface area (Å²) in [6.07, 6.45) is 1.11. The lowest BCUT2D eigenvalue weighted by Crippen LogP contribution is -2.62. The van der Waals surface area contributed by atoms with Crippen molar-refractivity contribution in [1.29, 1.82) is 0 Å². The Balaban J connectivity index is 2.12. The molecule has 1 aromatic rings. The van der Waals surface area contributed by atoms with Crippen LogP contribution in [0.4, 0.5) is 5.69 Å². The summed E-state index contributed by atoms with van der Waals surface area (Å²) < 4.78 is 5.72. The second-order valence-electron chi connectivity index (χ2n) is 6.02. The molecule has 4 nitrogen and oxygen atoms in total. The Kier molecular flexibility index (Phi) is 4.04. The van der Waals surface area contributed by atoms with Gasteiger partial charge in [0.2, 0.25) is 0 Å². The van der Waals surface area contributed by atoms with Crippen molar-refractivity contribution in [3.63, 3.8) is 0 Å². The van der Waals surface area contributed by atoms with Gasteiger partial charge < -0.3 is 15.4 Å². The molecule has 0 saturated heterocycles. The van der Waals surface area contributed by atoms with E-state index in [1.165, 1.54) is 0 Å². The molecule has 20 heavy (non-hydrogen) atoms. The molecule has 110 valence electrons. The third-order valence-corrected chi connectivity index (χ3v) is 4.47. The molecule has 1 amide bonds. The number of nitrogens with two attached hydrogens (primary N) is 1. The van der Waals surface area contributed by atoms with Crippen LogP contribution < -0.4 is 5.73 Å². The van der Waals surface area contributed by atoms with Gasteiger partial charge in [-0.05, 0) is 25.5 Å². The van der Waals surface area contributed by atoms with Gasteiger partial charge in [0.25, 0.3) is 5.91 Å². The highest BCUT2D eigenvalue weighted by Crippen LogP contribution is 2.45. The van der Waals surface area contributed by atoms with E-state index in [-0.39, 0.29) is 23.5 Å². The zero-order valence-electron chi connectivity index (χ0n) is 12.7. The predicted molar refractivity (Wildman–Crippen MR) is 80.5 cm³/mol. The molecule has 0 heterocycles. The van der Waals surface area contributed by atoms with Crippen LogP contribution in [0.1, 0.15) is 37.6 Å². The van der Waals surface area contributed by atoms with Crippen molar-refractivity contribution in [2.45, 2.75) is 39.3 Å². The third kappa shape index (κ3) is 2.40. The number of carbonyl (C=O) groups excluding carboxylic acids is 1. The Morgan fingerprint density at radius 3 is 2.65 bits per heavy atom. The summed E-state index contributed by atoms with van der Waals surface area (Å²) in [6.45, 7) is 7.02. The highest BCUT2D eigenvalue weighted by molar-refractivity contribution is 5.99. The van der Waals surface area contributed by atoms with Crippen LogP contribution in [0.5, 0.6) is 0 Å². The quantitative estimate of drug-likeness (QED) is 0.860. The highest BCUT2D eigenvalue weighted by Gasteiger charge is 2.51. The molecule has 1 aliphatic carbocycles. The van der Waals surface area contributed by atoms with Crippen molar-refractivity contribution >= 4 is 11.6 Å². The van der Waals surface area contributed by atoms with Crippen molar-refractivity contribution < 1.29 is 9.53 Å². The largest absolute Gasteiger partial charge is 0.398 e. The van der Waals surface area contributed by atoms with Crippen LogP contribution in [-0.2, 0) is 4.74 Å². The Labute approximate surface area is 120 Å². The van der Waals surface area contributed by atoms with Crippen LogP contribution in [0.2, 0.25) is 0 Å². The lowest BCUT2D eigenvalue weighted by molar-refractivity contribution is -0.136. The lowest BCUT2D eigenvalue weighted by atomic mass is 9.63. The summed E-state index contributed by atoms with van der Waals surface area (Å²) in [6, 6.07) is 7.40. The van der Waals surface area contributed by atoms with E-state index in [1.807, 2.05) is 26.1 Å². The summed E-state index contributed by atoms with van der Waals surface area (Å²) in [7, 11) is 1.85. The molecule has 2 rings (SSSR count). The van der Waals surface area contributed by atoms with E-state index in [9.17, 15) is 4.79 Å². The number of para-hydroxylation sites is 1.